The van der Waals surface area contributed by atoms with Gasteiger partial charge in [0.2, 0.25) is 5.91 Å². The quantitative estimate of drug-likeness (QED) is 0.737. The highest BCUT2D eigenvalue weighted by Gasteiger charge is 2.41. The highest BCUT2D eigenvalue weighted by molar-refractivity contribution is 5.83. The molecule has 3 nitrogen and oxygen atoms in total. The molecule has 0 saturated heterocycles. The average molecular weight is 198 g/mol. The summed E-state index contributed by atoms with van der Waals surface area (Å²) in [5.74, 6) is 0.312. The van der Waals surface area contributed by atoms with Crippen LogP contribution in [0.4, 0.5) is 0 Å². The summed E-state index contributed by atoms with van der Waals surface area (Å²) in [6.07, 6.45) is 3.32. The Bertz CT molecular complexity index is 211. The van der Waals surface area contributed by atoms with Crippen LogP contribution in [0.5, 0.6) is 0 Å². The van der Waals surface area contributed by atoms with Crippen LogP contribution in [0.1, 0.15) is 33.1 Å². The predicted octanol–water partition coefficient (Wildman–Crippen LogP) is 1.24. The topological polar surface area (TPSA) is 32.3 Å². The van der Waals surface area contributed by atoms with E-state index in [1.165, 1.54) is 6.42 Å². The molecule has 1 rings (SSSR count). The van der Waals surface area contributed by atoms with Crippen molar-refractivity contribution >= 4 is 5.91 Å². The van der Waals surface area contributed by atoms with Crippen LogP contribution in [0.15, 0.2) is 0 Å². The second-order valence-electron chi connectivity index (χ2n) is 4.74. The monoisotopic (exact) mass is 198 g/mol. The standard InChI is InChI=1S/C11H22N2O/c1-9(8-12-3)13(4)10(14)11(2)6-5-7-11/h9,12H,5-8H2,1-4H3/t9-/m0/s1. The van der Waals surface area contributed by atoms with Crippen LogP contribution < -0.4 is 5.32 Å². The molecule has 0 aromatic heterocycles. The number of nitrogens with one attached hydrogen (secondary N) is 1. The normalized spacial score (nSPS) is 21.1. The number of likely N-dealkylation sites (N-methyl/N-ethyl adjacent to an activating group) is 2. The van der Waals surface area contributed by atoms with E-state index >= 15 is 0 Å². The fraction of sp³-hybridized carbons (Fsp3) is 0.909. The minimum absolute atomic E-state index is 0.0588. The van der Waals surface area contributed by atoms with Crippen LogP contribution in [0.2, 0.25) is 0 Å². The zero-order valence-electron chi connectivity index (χ0n) is 9.76. The van der Waals surface area contributed by atoms with Crippen LogP contribution in [0.25, 0.3) is 0 Å². The molecule has 14 heavy (non-hydrogen) atoms. The van der Waals surface area contributed by atoms with Crippen molar-refractivity contribution in [2.45, 2.75) is 39.2 Å². The van der Waals surface area contributed by atoms with Gasteiger partial charge in [0.25, 0.3) is 0 Å². The molecule has 0 aromatic carbocycles. The van der Waals surface area contributed by atoms with Crippen LogP contribution in [0, 0.1) is 5.41 Å². The molecular formula is C11H22N2O. The molecule has 82 valence electrons. The third kappa shape index (κ3) is 2.08. The van der Waals surface area contributed by atoms with Crippen molar-refractivity contribution in [3.63, 3.8) is 0 Å². The van der Waals surface area contributed by atoms with Gasteiger partial charge in [0, 0.05) is 25.0 Å². The van der Waals surface area contributed by atoms with E-state index in [0.717, 1.165) is 19.4 Å². The van der Waals surface area contributed by atoms with E-state index in [0.29, 0.717) is 5.91 Å². The van der Waals surface area contributed by atoms with Crippen LogP contribution in [-0.4, -0.2) is 37.5 Å². The Labute approximate surface area is 86.9 Å². The Morgan fingerprint density at radius 1 is 1.57 bits per heavy atom. The Kier molecular flexibility index (Phi) is 3.53. The van der Waals surface area contributed by atoms with Crippen molar-refractivity contribution in [3.8, 4) is 0 Å². The second kappa shape index (κ2) is 4.30. The smallest absolute Gasteiger partial charge is 0.228 e. The zero-order chi connectivity index (χ0) is 10.8. The molecule has 0 radical (unpaired) electrons. The molecular weight excluding hydrogens is 176 g/mol. The summed E-state index contributed by atoms with van der Waals surface area (Å²) in [4.78, 5) is 13.9. The summed E-state index contributed by atoms with van der Waals surface area (Å²) in [5, 5.41) is 3.10. The van der Waals surface area contributed by atoms with Crippen molar-refractivity contribution in [2.75, 3.05) is 20.6 Å². The first-order valence-electron chi connectivity index (χ1n) is 5.43. The molecule has 0 bridgehead atoms. The van der Waals surface area contributed by atoms with E-state index in [9.17, 15) is 4.79 Å². The zero-order valence-corrected chi connectivity index (χ0v) is 9.76. The van der Waals surface area contributed by atoms with Crippen LogP contribution in [-0.2, 0) is 4.79 Å². The number of hydrogen-bond acceptors (Lipinski definition) is 2. The van der Waals surface area contributed by atoms with Gasteiger partial charge in [0.05, 0.1) is 0 Å². The number of nitrogens with zero attached hydrogens (tertiary/aromatic N) is 1. The molecule has 1 aliphatic rings. The molecule has 0 aromatic rings. The van der Waals surface area contributed by atoms with Gasteiger partial charge in [-0.1, -0.05) is 13.3 Å². The van der Waals surface area contributed by atoms with E-state index in [4.69, 9.17) is 0 Å². The number of hydrogen-bond donors (Lipinski definition) is 1. The summed E-state index contributed by atoms with van der Waals surface area (Å²) in [7, 11) is 3.83. The summed E-state index contributed by atoms with van der Waals surface area (Å²) in [6, 6.07) is 0.282. The van der Waals surface area contributed by atoms with Gasteiger partial charge in [-0.2, -0.15) is 0 Å². The number of rotatable bonds is 4. The van der Waals surface area contributed by atoms with Gasteiger partial charge < -0.3 is 10.2 Å². The van der Waals surface area contributed by atoms with Crippen molar-refractivity contribution in [1.82, 2.24) is 10.2 Å². The maximum absolute atomic E-state index is 12.1. The Hall–Kier alpha value is -0.570. The minimum Gasteiger partial charge on any atom is -0.341 e. The first-order chi connectivity index (χ1) is 6.51. The average Bonchev–Trinajstić information content (AvgIpc) is 2.12. The van der Waals surface area contributed by atoms with Gasteiger partial charge in [-0.05, 0) is 26.8 Å². The molecule has 1 saturated carbocycles. The highest BCUT2D eigenvalue weighted by Crippen LogP contribution is 2.41. The third-order valence-corrected chi connectivity index (χ3v) is 3.45. The van der Waals surface area contributed by atoms with E-state index in [1.807, 2.05) is 19.0 Å². The molecule has 0 unspecified atom stereocenters. The molecule has 0 aliphatic heterocycles. The first-order valence-corrected chi connectivity index (χ1v) is 5.43. The summed E-state index contributed by atoms with van der Waals surface area (Å²) in [6.45, 7) is 5.02. The lowest BCUT2D eigenvalue weighted by atomic mass is 9.69. The summed E-state index contributed by atoms with van der Waals surface area (Å²) >= 11 is 0. The van der Waals surface area contributed by atoms with Gasteiger partial charge in [-0.25, -0.2) is 0 Å². The van der Waals surface area contributed by atoms with Gasteiger partial charge in [-0.3, -0.25) is 4.79 Å². The van der Waals surface area contributed by atoms with Crippen LogP contribution in [0.3, 0.4) is 0 Å². The second-order valence-corrected chi connectivity index (χ2v) is 4.74. The number of carbonyl (C=O) groups is 1. The van der Waals surface area contributed by atoms with Crippen molar-refractivity contribution in [2.24, 2.45) is 5.41 Å². The maximum Gasteiger partial charge on any atom is 0.228 e. The molecule has 1 amide bonds. The van der Waals surface area contributed by atoms with Gasteiger partial charge in [0.1, 0.15) is 0 Å². The maximum atomic E-state index is 12.1. The van der Waals surface area contributed by atoms with E-state index < -0.39 is 0 Å². The van der Waals surface area contributed by atoms with Crippen LogP contribution >= 0.6 is 0 Å². The predicted molar refractivity (Wildman–Crippen MR) is 58.1 cm³/mol. The molecule has 1 fully saturated rings. The molecule has 0 spiro atoms. The van der Waals surface area contributed by atoms with E-state index in [-0.39, 0.29) is 11.5 Å². The molecule has 1 N–H and O–H groups in total. The SMILES string of the molecule is CNC[C@H](C)N(C)C(=O)C1(C)CCC1. The molecule has 1 aliphatic carbocycles. The molecule has 0 heterocycles. The summed E-state index contributed by atoms with van der Waals surface area (Å²) in [5.41, 5.74) is -0.0588. The summed E-state index contributed by atoms with van der Waals surface area (Å²) < 4.78 is 0. The van der Waals surface area contributed by atoms with Gasteiger partial charge >= 0.3 is 0 Å². The largest absolute Gasteiger partial charge is 0.341 e. The fourth-order valence-corrected chi connectivity index (χ4v) is 1.98. The lowest BCUT2D eigenvalue weighted by molar-refractivity contribution is -0.146. The van der Waals surface area contributed by atoms with E-state index in [1.54, 1.807) is 0 Å². The van der Waals surface area contributed by atoms with Crippen molar-refractivity contribution in [3.05, 3.63) is 0 Å². The Balaban J connectivity index is 2.51. The van der Waals surface area contributed by atoms with Gasteiger partial charge in [-0.15, -0.1) is 0 Å². The van der Waals surface area contributed by atoms with Gasteiger partial charge in [0.15, 0.2) is 0 Å². The number of amides is 1. The lowest BCUT2D eigenvalue weighted by Crippen LogP contribution is -2.49. The molecule has 3 heteroatoms. The van der Waals surface area contributed by atoms with Crippen molar-refractivity contribution < 1.29 is 4.79 Å². The third-order valence-electron chi connectivity index (χ3n) is 3.45. The molecule has 1 atom stereocenters. The van der Waals surface area contributed by atoms with E-state index in [2.05, 4.69) is 19.2 Å². The Morgan fingerprint density at radius 2 is 2.14 bits per heavy atom. The number of carbonyl (C=O) groups excluding carboxylic acids is 1. The first kappa shape index (κ1) is 11.5. The van der Waals surface area contributed by atoms with Crippen molar-refractivity contribution in [1.29, 1.82) is 0 Å². The fourth-order valence-electron chi connectivity index (χ4n) is 1.98. The highest BCUT2D eigenvalue weighted by atomic mass is 16.2. The minimum atomic E-state index is -0.0588. The Morgan fingerprint density at radius 3 is 2.50 bits per heavy atom. The lowest BCUT2D eigenvalue weighted by Gasteiger charge is -2.41.